The van der Waals surface area contributed by atoms with E-state index >= 15 is 0 Å². The van der Waals surface area contributed by atoms with Gasteiger partial charge in [0.05, 0.1) is 33.4 Å². The van der Waals surface area contributed by atoms with E-state index < -0.39 is 0 Å². The Morgan fingerprint density at radius 3 is 2.48 bits per heavy atom. The number of benzene rings is 1. The molecule has 0 unspecified atom stereocenters. The van der Waals surface area contributed by atoms with Gasteiger partial charge in [-0.25, -0.2) is 4.98 Å². The average Bonchev–Trinajstić information content (AvgIpc) is 2.84. The number of quaternary nitrogens is 1. The van der Waals surface area contributed by atoms with Gasteiger partial charge in [-0.1, -0.05) is 30.3 Å². The third kappa shape index (κ3) is 2.94. The predicted octanol–water partition coefficient (Wildman–Crippen LogP) is 2.34. The minimum atomic E-state index is 0.682. The van der Waals surface area contributed by atoms with Gasteiger partial charge in [-0.3, -0.25) is 9.58 Å². The summed E-state index contributed by atoms with van der Waals surface area (Å²) in [6.45, 7) is 0.729. The molecule has 2 aromatic heterocycles. The van der Waals surface area contributed by atoms with Gasteiger partial charge in [0.2, 0.25) is 0 Å². The molecule has 0 radical (unpaired) electrons. The molecule has 0 aliphatic carbocycles. The summed E-state index contributed by atoms with van der Waals surface area (Å²) in [4.78, 5) is 12.3. The third-order valence-corrected chi connectivity index (χ3v) is 3.32. The van der Waals surface area contributed by atoms with Crippen molar-refractivity contribution < 1.29 is 4.59 Å². The van der Waals surface area contributed by atoms with Crippen molar-refractivity contribution in [2.24, 2.45) is 0 Å². The number of H-pyrrole nitrogens is 1. The predicted molar refractivity (Wildman–Crippen MR) is 84.2 cm³/mol. The Morgan fingerprint density at radius 2 is 1.76 bits per heavy atom. The largest absolute Gasteiger partial charge is 0.338 e. The maximum absolute atomic E-state index is 4.49. The topological polar surface area (TPSA) is 53.6 Å². The highest BCUT2D eigenvalue weighted by Crippen LogP contribution is 2.28. The van der Waals surface area contributed by atoms with Crippen LogP contribution in [0.2, 0.25) is 0 Å². The summed E-state index contributed by atoms with van der Waals surface area (Å²) in [6, 6.07) is 10.3. The highest BCUT2D eigenvalue weighted by Gasteiger charge is 2.17. The van der Waals surface area contributed by atoms with E-state index in [1.54, 1.807) is 12.4 Å². The van der Waals surface area contributed by atoms with Crippen molar-refractivity contribution in [1.29, 1.82) is 0 Å². The van der Waals surface area contributed by atoms with Crippen LogP contribution in [0.25, 0.3) is 22.4 Å². The van der Waals surface area contributed by atoms with Gasteiger partial charge in [0.15, 0.2) is 5.65 Å². The quantitative estimate of drug-likeness (QED) is 0.570. The van der Waals surface area contributed by atoms with Crippen LogP contribution in [-0.2, 0) is 6.54 Å². The molecule has 0 atom stereocenters. The smallest absolute Gasteiger partial charge is 0.156 e. The summed E-state index contributed by atoms with van der Waals surface area (Å²) in [7, 11) is 6.30. The van der Waals surface area contributed by atoms with Crippen LogP contribution in [0.4, 0.5) is 0 Å². The minimum Gasteiger partial charge on any atom is -0.338 e. The zero-order valence-corrected chi connectivity index (χ0v) is 12.6. The van der Waals surface area contributed by atoms with E-state index in [9.17, 15) is 0 Å². The van der Waals surface area contributed by atoms with Gasteiger partial charge in [0, 0.05) is 18.0 Å². The summed E-state index contributed by atoms with van der Waals surface area (Å²) in [5.41, 5.74) is 8.61. The molecule has 0 aliphatic rings. The molecule has 0 saturated carbocycles. The molecule has 3 rings (SSSR count). The molecule has 21 heavy (non-hydrogen) atoms. The lowest BCUT2D eigenvalue weighted by atomic mass is 10.1. The molecule has 1 aromatic carbocycles. The number of fused-ring (bicyclic) bond motifs is 1. The SMILES string of the molecule is C[N+](C)(C)NCc1c(-c2ccccc2)[nH]c2nccnc12. The molecule has 0 saturated heterocycles. The van der Waals surface area contributed by atoms with Gasteiger partial charge in [-0.2, -0.15) is 5.43 Å². The zero-order chi connectivity index (χ0) is 14.9. The first-order valence-corrected chi connectivity index (χ1v) is 6.98. The van der Waals surface area contributed by atoms with Gasteiger partial charge in [0.25, 0.3) is 0 Å². The summed E-state index contributed by atoms with van der Waals surface area (Å²) < 4.78 is 0.682. The second-order valence-electron chi connectivity index (χ2n) is 5.95. The van der Waals surface area contributed by atoms with E-state index in [4.69, 9.17) is 0 Å². The zero-order valence-electron chi connectivity index (χ0n) is 12.6. The summed E-state index contributed by atoms with van der Waals surface area (Å²) in [6.07, 6.45) is 3.45. The van der Waals surface area contributed by atoms with Crippen LogP contribution in [0.1, 0.15) is 5.56 Å². The van der Waals surface area contributed by atoms with Gasteiger partial charge >= 0.3 is 0 Å². The maximum atomic E-state index is 4.49. The normalized spacial score (nSPS) is 12.0. The average molecular weight is 282 g/mol. The Hall–Kier alpha value is -2.24. The van der Waals surface area contributed by atoms with Crippen molar-refractivity contribution in [1.82, 2.24) is 20.4 Å². The first-order chi connectivity index (χ1) is 10.0. The highest BCUT2D eigenvalue weighted by atomic mass is 15.6. The lowest BCUT2D eigenvalue weighted by molar-refractivity contribution is -0.917. The molecule has 0 aliphatic heterocycles. The Balaban J connectivity index is 2.10. The minimum absolute atomic E-state index is 0.682. The summed E-state index contributed by atoms with van der Waals surface area (Å²) >= 11 is 0. The van der Waals surface area contributed by atoms with Crippen molar-refractivity contribution in [3.63, 3.8) is 0 Å². The molecule has 0 bridgehead atoms. The highest BCUT2D eigenvalue weighted by molar-refractivity contribution is 5.85. The van der Waals surface area contributed by atoms with Crippen LogP contribution in [0.3, 0.4) is 0 Å². The summed E-state index contributed by atoms with van der Waals surface area (Å²) in [5, 5.41) is 0. The molecule has 2 N–H and O–H groups in total. The van der Waals surface area contributed by atoms with Gasteiger partial charge in [-0.15, -0.1) is 0 Å². The van der Waals surface area contributed by atoms with E-state index in [2.05, 4.69) is 53.7 Å². The van der Waals surface area contributed by atoms with Crippen molar-refractivity contribution in [3.8, 4) is 11.3 Å². The van der Waals surface area contributed by atoms with Crippen LogP contribution in [0.15, 0.2) is 42.7 Å². The van der Waals surface area contributed by atoms with E-state index in [0.29, 0.717) is 4.59 Å². The van der Waals surface area contributed by atoms with Crippen LogP contribution in [-0.4, -0.2) is 40.7 Å². The van der Waals surface area contributed by atoms with Crippen molar-refractivity contribution >= 4 is 11.2 Å². The van der Waals surface area contributed by atoms with E-state index in [1.807, 2.05) is 18.2 Å². The Kier molecular flexibility index (Phi) is 3.45. The molecule has 108 valence electrons. The van der Waals surface area contributed by atoms with Crippen LogP contribution < -0.4 is 5.43 Å². The molecule has 5 nitrogen and oxygen atoms in total. The first kappa shape index (κ1) is 13.7. The number of aromatic amines is 1. The number of aromatic nitrogens is 3. The summed E-state index contributed by atoms with van der Waals surface area (Å²) in [5.74, 6) is 0. The number of nitrogens with zero attached hydrogens (tertiary/aromatic N) is 3. The fourth-order valence-electron chi connectivity index (χ4n) is 2.30. The van der Waals surface area contributed by atoms with Gasteiger partial charge < -0.3 is 4.98 Å². The number of hydrogen-bond donors (Lipinski definition) is 2. The second-order valence-corrected chi connectivity index (χ2v) is 5.95. The van der Waals surface area contributed by atoms with Crippen molar-refractivity contribution in [2.45, 2.75) is 6.54 Å². The molecule has 3 aromatic rings. The maximum Gasteiger partial charge on any atom is 0.156 e. The van der Waals surface area contributed by atoms with Crippen molar-refractivity contribution in [2.75, 3.05) is 21.1 Å². The van der Waals surface area contributed by atoms with E-state index in [0.717, 1.165) is 34.5 Å². The number of nitrogens with one attached hydrogen (secondary N) is 2. The molecule has 5 heteroatoms. The molecular weight excluding hydrogens is 262 g/mol. The van der Waals surface area contributed by atoms with E-state index in [-0.39, 0.29) is 0 Å². The molecule has 0 fully saturated rings. The van der Waals surface area contributed by atoms with Crippen LogP contribution in [0, 0.1) is 0 Å². The Labute approximate surface area is 124 Å². The van der Waals surface area contributed by atoms with E-state index in [1.165, 1.54) is 0 Å². The van der Waals surface area contributed by atoms with Gasteiger partial charge in [-0.05, 0) is 5.56 Å². The first-order valence-electron chi connectivity index (χ1n) is 6.98. The number of hydrogen-bond acceptors (Lipinski definition) is 3. The fraction of sp³-hybridized carbons (Fsp3) is 0.250. The second kappa shape index (κ2) is 5.27. The third-order valence-electron chi connectivity index (χ3n) is 3.32. The molecule has 0 amide bonds. The molecule has 2 heterocycles. The lowest BCUT2D eigenvalue weighted by Crippen LogP contribution is -2.47. The number of rotatable bonds is 4. The molecular formula is C16H20N5+. The lowest BCUT2D eigenvalue weighted by Gasteiger charge is -2.24. The Morgan fingerprint density at radius 1 is 1.05 bits per heavy atom. The standard InChI is InChI=1S/C16H20N5/c1-21(2,3)19-11-13-14(12-7-5-4-6-8-12)20-16-15(13)17-9-10-18-16/h4-10,19H,11H2,1-3H3,(H,18,20)/q+1. The monoisotopic (exact) mass is 282 g/mol. The fourth-order valence-corrected chi connectivity index (χ4v) is 2.30. The molecule has 0 spiro atoms. The van der Waals surface area contributed by atoms with Gasteiger partial charge in [0.1, 0.15) is 5.52 Å². The Bertz CT molecular complexity index is 740. The van der Waals surface area contributed by atoms with Crippen LogP contribution >= 0.6 is 0 Å². The van der Waals surface area contributed by atoms with Crippen molar-refractivity contribution in [3.05, 3.63) is 48.3 Å². The van der Waals surface area contributed by atoms with Crippen LogP contribution in [0.5, 0.6) is 0 Å².